The number of hydrazone groups is 1. The third kappa shape index (κ3) is 4.12. The zero-order valence-corrected chi connectivity index (χ0v) is 17.7. The fourth-order valence-electron chi connectivity index (χ4n) is 3.48. The summed E-state index contributed by atoms with van der Waals surface area (Å²) in [6, 6.07) is 21.8. The highest BCUT2D eigenvalue weighted by atomic mass is 19.1. The molecule has 3 aromatic carbocycles. The van der Waals surface area contributed by atoms with Crippen molar-refractivity contribution >= 4 is 23.1 Å². The molecule has 0 radical (unpaired) electrons. The first-order valence-electron chi connectivity index (χ1n) is 10.3. The van der Waals surface area contributed by atoms with E-state index in [0.29, 0.717) is 22.2 Å². The van der Waals surface area contributed by atoms with Crippen LogP contribution in [0, 0.1) is 5.82 Å². The van der Waals surface area contributed by atoms with E-state index in [2.05, 4.69) is 15.6 Å². The second-order valence-electron chi connectivity index (χ2n) is 7.39. The van der Waals surface area contributed by atoms with Crippen LogP contribution < -0.4 is 10.9 Å². The zero-order valence-electron chi connectivity index (χ0n) is 17.7. The highest BCUT2D eigenvalue weighted by Crippen LogP contribution is 2.24. The molecule has 0 saturated heterocycles. The Labute approximate surface area is 192 Å². The first-order chi connectivity index (χ1) is 16.6. The van der Waals surface area contributed by atoms with Crippen LogP contribution in [0.25, 0.3) is 27.9 Å². The Morgan fingerprint density at radius 2 is 1.74 bits per heavy atom. The number of nitrogens with zero attached hydrogens (tertiary/aromatic N) is 3. The summed E-state index contributed by atoms with van der Waals surface area (Å²) >= 11 is 0. The molecule has 0 spiro atoms. The highest BCUT2D eigenvalue weighted by Gasteiger charge is 2.18. The maximum absolute atomic E-state index is 13.4. The monoisotopic (exact) mass is 452 g/mol. The molecule has 1 amide bonds. The number of amides is 1. The smallest absolute Gasteiger partial charge is 0.275 e. The van der Waals surface area contributed by atoms with E-state index in [-0.39, 0.29) is 16.6 Å². The molecule has 0 aliphatic rings. The number of benzene rings is 3. The lowest BCUT2D eigenvalue weighted by molar-refractivity contribution is 0.0955. The van der Waals surface area contributed by atoms with E-state index in [4.69, 9.17) is 4.42 Å². The fraction of sp³-hybridized carbons (Fsp3) is 0. The molecule has 34 heavy (non-hydrogen) atoms. The van der Waals surface area contributed by atoms with E-state index < -0.39 is 11.7 Å². The predicted octanol–water partition coefficient (Wildman–Crippen LogP) is 4.55. The van der Waals surface area contributed by atoms with Crippen molar-refractivity contribution in [3.8, 4) is 16.9 Å². The molecule has 0 saturated carbocycles. The van der Waals surface area contributed by atoms with Crippen LogP contribution in [0.1, 0.15) is 15.9 Å². The number of halogens is 1. The minimum absolute atomic E-state index is 0.192. The number of carbonyl (C=O) groups excluding carboxylic acids is 1. The van der Waals surface area contributed by atoms with Crippen molar-refractivity contribution in [2.45, 2.75) is 0 Å². The average molecular weight is 452 g/mol. The molecule has 7 nitrogen and oxygen atoms in total. The summed E-state index contributed by atoms with van der Waals surface area (Å²) in [5, 5.41) is 8.88. The van der Waals surface area contributed by atoms with Crippen LogP contribution in [-0.2, 0) is 0 Å². The van der Waals surface area contributed by atoms with E-state index in [0.717, 1.165) is 5.69 Å². The molecular formula is C26H17FN4O3. The lowest BCUT2D eigenvalue weighted by atomic mass is 10.1. The third-order valence-corrected chi connectivity index (χ3v) is 5.17. The second kappa shape index (κ2) is 8.95. The molecule has 2 heterocycles. The third-order valence-electron chi connectivity index (χ3n) is 5.17. The summed E-state index contributed by atoms with van der Waals surface area (Å²) in [4.78, 5) is 25.6. The average Bonchev–Trinajstić information content (AvgIpc) is 3.32. The van der Waals surface area contributed by atoms with E-state index in [9.17, 15) is 14.0 Å². The Morgan fingerprint density at radius 1 is 1.00 bits per heavy atom. The van der Waals surface area contributed by atoms with Gasteiger partial charge in [-0.05, 0) is 48.5 Å². The maximum Gasteiger partial charge on any atom is 0.275 e. The summed E-state index contributed by atoms with van der Waals surface area (Å²) in [6.07, 6.45) is 4.09. The van der Waals surface area contributed by atoms with E-state index in [1.54, 1.807) is 47.3 Å². The lowest BCUT2D eigenvalue weighted by Gasteiger charge is -2.02. The van der Waals surface area contributed by atoms with Gasteiger partial charge in [-0.15, -0.1) is 0 Å². The number of rotatable bonds is 5. The van der Waals surface area contributed by atoms with Gasteiger partial charge in [-0.25, -0.2) is 14.5 Å². The number of para-hydroxylation sites is 2. The van der Waals surface area contributed by atoms with Crippen molar-refractivity contribution in [2.75, 3.05) is 0 Å². The number of hydrogen-bond acceptors (Lipinski definition) is 5. The van der Waals surface area contributed by atoms with E-state index in [1.807, 2.05) is 30.3 Å². The van der Waals surface area contributed by atoms with Crippen LogP contribution >= 0.6 is 0 Å². The molecule has 0 unspecified atom stereocenters. The Kier molecular flexibility index (Phi) is 5.53. The topological polar surface area (TPSA) is 89.5 Å². The van der Waals surface area contributed by atoms with Crippen LogP contribution in [-0.4, -0.2) is 21.9 Å². The van der Waals surface area contributed by atoms with Gasteiger partial charge in [0.15, 0.2) is 0 Å². The number of fused-ring (bicyclic) bond motifs is 1. The number of nitrogens with one attached hydrogen (secondary N) is 1. The summed E-state index contributed by atoms with van der Waals surface area (Å²) in [7, 11) is 0. The number of hydrogen-bond donors (Lipinski definition) is 1. The quantitative estimate of drug-likeness (QED) is 0.313. The minimum atomic E-state index is -0.539. The SMILES string of the molecule is O=C(N/N=C\c1coc2ccccc2c1=O)c1cn(-c2ccccc2)nc1-c1ccc(F)cc1. The molecule has 2 aromatic heterocycles. The van der Waals surface area contributed by atoms with Gasteiger partial charge in [0.25, 0.3) is 5.91 Å². The van der Waals surface area contributed by atoms with Crippen LogP contribution in [0.5, 0.6) is 0 Å². The van der Waals surface area contributed by atoms with Crippen LogP contribution in [0.4, 0.5) is 4.39 Å². The van der Waals surface area contributed by atoms with Gasteiger partial charge >= 0.3 is 0 Å². The molecule has 5 rings (SSSR count). The fourth-order valence-corrected chi connectivity index (χ4v) is 3.48. The van der Waals surface area contributed by atoms with Crippen molar-refractivity contribution in [1.82, 2.24) is 15.2 Å². The Bertz CT molecular complexity index is 1570. The highest BCUT2D eigenvalue weighted by molar-refractivity contribution is 6.00. The van der Waals surface area contributed by atoms with Crippen LogP contribution in [0.15, 0.2) is 106 Å². The van der Waals surface area contributed by atoms with Gasteiger partial charge < -0.3 is 4.42 Å². The molecule has 1 N–H and O–H groups in total. The predicted molar refractivity (Wildman–Crippen MR) is 127 cm³/mol. The largest absolute Gasteiger partial charge is 0.463 e. The van der Waals surface area contributed by atoms with Gasteiger partial charge in [0.2, 0.25) is 5.43 Å². The van der Waals surface area contributed by atoms with Crippen molar-refractivity contribution in [3.05, 3.63) is 118 Å². The second-order valence-corrected chi connectivity index (χ2v) is 7.39. The van der Waals surface area contributed by atoms with Gasteiger partial charge in [-0.1, -0.05) is 30.3 Å². The number of aromatic nitrogens is 2. The summed E-state index contributed by atoms with van der Waals surface area (Å²) < 4.78 is 20.5. The zero-order chi connectivity index (χ0) is 23.5. The Hall–Kier alpha value is -4.85. The molecular weight excluding hydrogens is 435 g/mol. The molecule has 0 aliphatic heterocycles. The van der Waals surface area contributed by atoms with Crippen molar-refractivity contribution < 1.29 is 13.6 Å². The van der Waals surface area contributed by atoms with E-state index >= 15 is 0 Å². The first kappa shape index (κ1) is 21.0. The molecule has 0 fully saturated rings. The molecule has 0 bridgehead atoms. The van der Waals surface area contributed by atoms with Crippen LogP contribution in [0.3, 0.4) is 0 Å². The number of carbonyl (C=O) groups is 1. The Balaban J connectivity index is 1.46. The van der Waals surface area contributed by atoms with Crippen LogP contribution in [0.2, 0.25) is 0 Å². The molecule has 166 valence electrons. The minimum Gasteiger partial charge on any atom is -0.463 e. The van der Waals surface area contributed by atoms with Gasteiger partial charge in [0, 0.05) is 11.8 Å². The summed E-state index contributed by atoms with van der Waals surface area (Å²) in [5.41, 5.74) is 4.75. The molecule has 0 aliphatic carbocycles. The van der Waals surface area contributed by atoms with Gasteiger partial charge in [0.1, 0.15) is 23.4 Å². The van der Waals surface area contributed by atoms with Crippen molar-refractivity contribution in [2.24, 2.45) is 5.10 Å². The van der Waals surface area contributed by atoms with E-state index in [1.165, 1.54) is 24.6 Å². The molecule has 5 aromatic rings. The van der Waals surface area contributed by atoms with Gasteiger partial charge in [-0.3, -0.25) is 9.59 Å². The standard InChI is InChI=1S/C26H17FN4O3/c27-19-12-10-17(11-13-19)24-22(15-31(30-24)20-6-2-1-3-7-20)26(33)29-28-14-18-16-34-23-9-5-4-8-21(23)25(18)32/h1-16H,(H,29,33)/b28-14-. The summed E-state index contributed by atoms with van der Waals surface area (Å²) in [5.74, 6) is -0.931. The maximum atomic E-state index is 13.4. The molecule has 8 heteroatoms. The molecule has 0 atom stereocenters. The van der Waals surface area contributed by atoms with Crippen molar-refractivity contribution in [1.29, 1.82) is 0 Å². The first-order valence-corrected chi connectivity index (χ1v) is 10.3. The van der Waals surface area contributed by atoms with Gasteiger partial charge in [-0.2, -0.15) is 10.2 Å². The normalized spacial score (nSPS) is 11.2. The van der Waals surface area contributed by atoms with Gasteiger partial charge in [0.05, 0.1) is 28.4 Å². The summed E-state index contributed by atoms with van der Waals surface area (Å²) in [6.45, 7) is 0. The lowest BCUT2D eigenvalue weighted by Crippen LogP contribution is -2.19. The Morgan fingerprint density at radius 3 is 2.53 bits per heavy atom. The van der Waals surface area contributed by atoms with Crippen molar-refractivity contribution in [3.63, 3.8) is 0 Å².